The third kappa shape index (κ3) is 3.60. The first-order chi connectivity index (χ1) is 10.7. The lowest BCUT2D eigenvalue weighted by Gasteiger charge is -2.25. The first-order valence-corrected chi connectivity index (χ1v) is 7.89. The minimum absolute atomic E-state index is 0.0810. The van der Waals surface area contributed by atoms with E-state index < -0.39 is 0 Å². The lowest BCUT2D eigenvalue weighted by molar-refractivity contribution is 0.0994. The number of aromatic nitrogens is 2. The van der Waals surface area contributed by atoms with Gasteiger partial charge in [-0.3, -0.25) is 4.79 Å². The van der Waals surface area contributed by atoms with E-state index in [2.05, 4.69) is 15.0 Å². The molecule has 116 valence electrons. The molecule has 0 atom stereocenters. The SMILES string of the molecule is Cc1ccc(C(=O)c2nc(CCN3CCCCC3)no2)cc1. The highest BCUT2D eigenvalue weighted by atomic mass is 16.5. The first kappa shape index (κ1) is 14.9. The molecule has 2 heterocycles. The second-order valence-corrected chi connectivity index (χ2v) is 5.86. The summed E-state index contributed by atoms with van der Waals surface area (Å²) in [6.07, 6.45) is 4.59. The Morgan fingerprint density at radius 1 is 1.18 bits per heavy atom. The summed E-state index contributed by atoms with van der Waals surface area (Å²) in [5.41, 5.74) is 1.70. The third-order valence-corrected chi connectivity index (χ3v) is 4.08. The van der Waals surface area contributed by atoms with Crippen LogP contribution in [0, 0.1) is 6.92 Å². The Balaban J connectivity index is 1.60. The van der Waals surface area contributed by atoms with Gasteiger partial charge < -0.3 is 9.42 Å². The average Bonchev–Trinajstić information content (AvgIpc) is 3.03. The van der Waals surface area contributed by atoms with Crippen LogP contribution in [0.25, 0.3) is 0 Å². The Bertz CT molecular complexity index is 628. The van der Waals surface area contributed by atoms with E-state index in [-0.39, 0.29) is 11.7 Å². The van der Waals surface area contributed by atoms with Gasteiger partial charge in [0.15, 0.2) is 5.82 Å². The molecule has 1 fully saturated rings. The zero-order chi connectivity index (χ0) is 15.4. The molecule has 0 amide bonds. The van der Waals surface area contributed by atoms with E-state index in [4.69, 9.17) is 4.52 Å². The zero-order valence-corrected chi connectivity index (χ0v) is 12.9. The van der Waals surface area contributed by atoms with Crippen LogP contribution < -0.4 is 0 Å². The highest BCUT2D eigenvalue weighted by Gasteiger charge is 2.18. The van der Waals surface area contributed by atoms with Gasteiger partial charge in [-0.25, -0.2) is 0 Å². The molecule has 1 aromatic heterocycles. The number of hydrogen-bond acceptors (Lipinski definition) is 5. The normalized spacial score (nSPS) is 15.9. The number of ketones is 1. The molecule has 0 N–H and O–H groups in total. The second-order valence-electron chi connectivity index (χ2n) is 5.86. The van der Waals surface area contributed by atoms with Gasteiger partial charge in [0.05, 0.1) is 0 Å². The topological polar surface area (TPSA) is 59.2 Å². The smallest absolute Gasteiger partial charge is 0.299 e. The molecule has 0 saturated carbocycles. The quantitative estimate of drug-likeness (QED) is 0.794. The fraction of sp³-hybridized carbons (Fsp3) is 0.471. The van der Waals surface area contributed by atoms with Crippen molar-refractivity contribution >= 4 is 5.78 Å². The maximum Gasteiger partial charge on any atom is 0.299 e. The van der Waals surface area contributed by atoms with E-state index in [0.717, 1.165) is 31.6 Å². The Kier molecular flexibility index (Phi) is 4.63. The second kappa shape index (κ2) is 6.83. The Labute approximate surface area is 130 Å². The van der Waals surface area contributed by atoms with E-state index >= 15 is 0 Å². The molecule has 0 bridgehead atoms. The van der Waals surface area contributed by atoms with Crippen LogP contribution in [0.5, 0.6) is 0 Å². The number of nitrogens with zero attached hydrogens (tertiary/aromatic N) is 3. The molecular weight excluding hydrogens is 278 g/mol. The number of rotatable bonds is 5. The van der Waals surface area contributed by atoms with E-state index in [1.54, 1.807) is 12.1 Å². The van der Waals surface area contributed by atoms with Crippen LogP contribution in [0.2, 0.25) is 0 Å². The zero-order valence-electron chi connectivity index (χ0n) is 12.9. The van der Waals surface area contributed by atoms with Gasteiger partial charge >= 0.3 is 0 Å². The predicted octanol–water partition coefficient (Wildman–Crippen LogP) is 2.64. The number of piperidine rings is 1. The molecule has 0 radical (unpaired) electrons. The van der Waals surface area contributed by atoms with Crippen LogP contribution in [0.3, 0.4) is 0 Å². The molecule has 0 aliphatic carbocycles. The standard InChI is InChI=1S/C17H21N3O2/c1-13-5-7-14(8-6-13)16(21)17-18-15(19-22-17)9-12-20-10-3-2-4-11-20/h5-8H,2-4,9-12H2,1H3. The summed E-state index contributed by atoms with van der Waals surface area (Å²) >= 11 is 0. The molecule has 5 heteroatoms. The minimum Gasteiger partial charge on any atom is -0.330 e. The third-order valence-electron chi connectivity index (χ3n) is 4.08. The fourth-order valence-electron chi connectivity index (χ4n) is 2.72. The molecule has 0 spiro atoms. The van der Waals surface area contributed by atoms with Gasteiger partial charge in [0.1, 0.15) is 0 Å². The molecule has 1 saturated heterocycles. The van der Waals surface area contributed by atoms with E-state index in [9.17, 15) is 4.79 Å². The summed E-state index contributed by atoms with van der Waals surface area (Å²) in [5.74, 6) is 0.482. The molecular formula is C17H21N3O2. The summed E-state index contributed by atoms with van der Waals surface area (Å²) in [7, 11) is 0. The predicted molar refractivity (Wildman–Crippen MR) is 82.9 cm³/mol. The maximum atomic E-state index is 12.3. The molecule has 22 heavy (non-hydrogen) atoms. The van der Waals surface area contributed by atoms with Crippen LogP contribution in [0.1, 0.15) is 46.9 Å². The van der Waals surface area contributed by atoms with Gasteiger partial charge in [0, 0.05) is 18.5 Å². The summed E-state index contributed by atoms with van der Waals surface area (Å²) < 4.78 is 5.12. The number of likely N-dealkylation sites (tertiary alicyclic amines) is 1. The van der Waals surface area contributed by atoms with Crippen molar-refractivity contribution in [2.75, 3.05) is 19.6 Å². The largest absolute Gasteiger partial charge is 0.330 e. The molecule has 0 unspecified atom stereocenters. The van der Waals surface area contributed by atoms with E-state index in [1.165, 1.54) is 19.3 Å². The summed E-state index contributed by atoms with van der Waals surface area (Å²) in [5, 5.41) is 3.93. The molecule has 5 nitrogen and oxygen atoms in total. The molecule has 1 aliphatic heterocycles. The molecule has 2 aromatic rings. The first-order valence-electron chi connectivity index (χ1n) is 7.89. The van der Waals surface area contributed by atoms with Gasteiger partial charge in [-0.2, -0.15) is 4.98 Å². The Morgan fingerprint density at radius 3 is 2.64 bits per heavy atom. The monoisotopic (exact) mass is 299 g/mol. The van der Waals surface area contributed by atoms with Crippen molar-refractivity contribution in [1.29, 1.82) is 0 Å². The van der Waals surface area contributed by atoms with Crippen LogP contribution in [-0.2, 0) is 6.42 Å². The summed E-state index contributed by atoms with van der Waals surface area (Å²) in [6.45, 7) is 5.21. The van der Waals surface area contributed by atoms with Crippen molar-refractivity contribution in [2.45, 2.75) is 32.6 Å². The van der Waals surface area contributed by atoms with Crippen LogP contribution in [-0.4, -0.2) is 40.5 Å². The van der Waals surface area contributed by atoms with E-state index in [0.29, 0.717) is 11.4 Å². The highest BCUT2D eigenvalue weighted by Crippen LogP contribution is 2.11. The number of aryl methyl sites for hydroxylation is 1. The van der Waals surface area contributed by atoms with Gasteiger partial charge in [-0.15, -0.1) is 0 Å². The molecule has 1 aromatic carbocycles. The number of hydrogen-bond donors (Lipinski definition) is 0. The molecule has 3 rings (SSSR count). The van der Waals surface area contributed by atoms with E-state index in [1.807, 2.05) is 19.1 Å². The lowest BCUT2D eigenvalue weighted by Crippen LogP contribution is -2.31. The Morgan fingerprint density at radius 2 is 1.91 bits per heavy atom. The summed E-state index contributed by atoms with van der Waals surface area (Å²) in [4.78, 5) is 18.9. The number of carbonyl (C=O) groups excluding carboxylic acids is 1. The number of carbonyl (C=O) groups is 1. The fourth-order valence-corrected chi connectivity index (χ4v) is 2.72. The van der Waals surface area contributed by atoms with Crippen LogP contribution in [0.15, 0.2) is 28.8 Å². The van der Waals surface area contributed by atoms with Gasteiger partial charge in [0.2, 0.25) is 0 Å². The minimum atomic E-state index is -0.211. The average molecular weight is 299 g/mol. The van der Waals surface area contributed by atoms with Gasteiger partial charge in [0.25, 0.3) is 11.7 Å². The maximum absolute atomic E-state index is 12.3. The molecule has 1 aliphatic rings. The van der Waals surface area contributed by atoms with Crippen molar-refractivity contribution in [1.82, 2.24) is 15.0 Å². The summed E-state index contributed by atoms with van der Waals surface area (Å²) in [6, 6.07) is 7.38. The van der Waals surface area contributed by atoms with Crippen molar-refractivity contribution in [3.05, 3.63) is 47.1 Å². The van der Waals surface area contributed by atoms with Crippen LogP contribution >= 0.6 is 0 Å². The lowest BCUT2D eigenvalue weighted by atomic mass is 10.1. The Hall–Kier alpha value is -2.01. The highest BCUT2D eigenvalue weighted by molar-refractivity contribution is 6.05. The number of benzene rings is 1. The van der Waals surface area contributed by atoms with Crippen molar-refractivity contribution < 1.29 is 9.32 Å². The van der Waals surface area contributed by atoms with Gasteiger partial charge in [-0.05, 0) is 32.9 Å². The van der Waals surface area contributed by atoms with Crippen LogP contribution in [0.4, 0.5) is 0 Å². The van der Waals surface area contributed by atoms with Crippen molar-refractivity contribution in [3.63, 3.8) is 0 Å². The van der Waals surface area contributed by atoms with Gasteiger partial charge in [-0.1, -0.05) is 41.4 Å². The van der Waals surface area contributed by atoms with Crippen molar-refractivity contribution in [3.8, 4) is 0 Å². The van der Waals surface area contributed by atoms with Crippen molar-refractivity contribution in [2.24, 2.45) is 0 Å².